The summed E-state index contributed by atoms with van der Waals surface area (Å²) < 4.78 is 26.8. The molecule has 0 fully saturated rings. The van der Waals surface area contributed by atoms with Crippen molar-refractivity contribution in [3.63, 3.8) is 0 Å². The second kappa shape index (κ2) is 7.60. The maximum Gasteiger partial charge on any atom is 0.337 e. The van der Waals surface area contributed by atoms with Crippen molar-refractivity contribution in [1.29, 1.82) is 0 Å². The standard InChI is InChI=1S/C15H24N2O4S/c1-5-11(4)17-14-7-6-12(8-13(14)15(18)19)22(20,21)16-9-10(2)3/h6-8,10-11,16-17H,5,9H2,1-4H3,(H,18,19). The van der Waals surface area contributed by atoms with E-state index in [1.54, 1.807) is 0 Å². The van der Waals surface area contributed by atoms with E-state index in [0.29, 0.717) is 12.2 Å². The number of carbonyl (C=O) groups is 1. The zero-order chi connectivity index (χ0) is 16.9. The van der Waals surface area contributed by atoms with Crippen molar-refractivity contribution in [1.82, 2.24) is 4.72 Å². The fraction of sp³-hybridized carbons (Fsp3) is 0.533. The summed E-state index contributed by atoms with van der Waals surface area (Å²) in [7, 11) is -3.70. The summed E-state index contributed by atoms with van der Waals surface area (Å²) in [5.74, 6) is -0.994. The van der Waals surface area contributed by atoms with Gasteiger partial charge in [-0.25, -0.2) is 17.9 Å². The number of hydrogen-bond acceptors (Lipinski definition) is 4. The van der Waals surface area contributed by atoms with Gasteiger partial charge in [-0.1, -0.05) is 20.8 Å². The first-order valence-electron chi connectivity index (χ1n) is 7.31. The Kier molecular flexibility index (Phi) is 6.37. The molecular formula is C15H24N2O4S. The fourth-order valence-corrected chi connectivity index (χ4v) is 2.96. The topological polar surface area (TPSA) is 95.5 Å². The molecule has 0 aliphatic rings. The van der Waals surface area contributed by atoms with Crippen LogP contribution in [0.5, 0.6) is 0 Å². The predicted molar refractivity (Wildman–Crippen MR) is 86.8 cm³/mol. The molecule has 0 saturated carbocycles. The van der Waals surface area contributed by atoms with Crippen molar-refractivity contribution in [2.45, 2.75) is 45.1 Å². The summed E-state index contributed by atoms with van der Waals surface area (Å²) in [4.78, 5) is 11.3. The number of hydrogen-bond donors (Lipinski definition) is 3. The van der Waals surface area contributed by atoms with E-state index >= 15 is 0 Å². The minimum absolute atomic E-state index is 0.0414. The van der Waals surface area contributed by atoms with Gasteiger partial charge in [-0.2, -0.15) is 0 Å². The number of carboxylic acid groups (broad SMARTS) is 1. The van der Waals surface area contributed by atoms with Crippen LogP contribution in [0.4, 0.5) is 5.69 Å². The van der Waals surface area contributed by atoms with E-state index < -0.39 is 16.0 Å². The molecule has 0 bridgehead atoms. The highest BCUT2D eigenvalue weighted by molar-refractivity contribution is 7.89. The maximum absolute atomic E-state index is 12.2. The third kappa shape index (κ3) is 4.99. The molecule has 1 aromatic rings. The van der Waals surface area contributed by atoms with Crippen molar-refractivity contribution in [3.8, 4) is 0 Å². The van der Waals surface area contributed by atoms with Gasteiger partial charge in [0.05, 0.1) is 10.5 Å². The molecule has 0 saturated heterocycles. The molecule has 0 aliphatic carbocycles. The molecule has 1 unspecified atom stereocenters. The fourth-order valence-electron chi connectivity index (χ4n) is 1.72. The molecule has 1 aromatic carbocycles. The number of benzene rings is 1. The highest BCUT2D eigenvalue weighted by Crippen LogP contribution is 2.22. The van der Waals surface area contributed by atoms with E-state index in [1.807, 2.05) is 27.7 Å². The lowest BCUT2D eigenvalue weighted by Gasteiger charge is -2.16. The molecule has 3 N–H and O–H groups in total. The number of carboxylic acids is 1. The average molecular weight is 328 g/mol. The minimum atomic E-state index is -3.70. The Hall–Kier alpha value is -1.60. The lowest BCUT2D eigenvalue weighted by molar-refractivity contribution is 0.0697. The van der Waals surface area contributed by atoms with Crippen LogP contribution in [0.3, 0.4) is 0 Å². The summed E-state index contributed by atoms with van der Waals surface area (Å²) in [6.07, 6.45) is 0.828. The molecule has 124 valence electrons. The first-order valence-corrected chi connectivity index (χ1v) is 8.79. The second-order valence-electron chi connectivity index (χ2n) is 5.71. The van der Waals surface area contributed by atoms with Crippen LogP contribution in [0, 0.1) is 5.92 Å². The Morgan fingerprint density at radius 1 is 1.27 bits per heavy atom. The third-order valence-electron chi connectivity index (χ3n) is 3.23. The third-order valence-corrected chi connectivity index (χ3v) is 4.65. The number of sulfonamides is 1. The molecule has 0 aromatic heterocycles. The quantitative estimate of drug-likeness (QED) is 0.681. The van der Waals surface area contributed by atoms with Crippen LogP contribution in [-0.4, -0.2) is 32.1 Å². The Labute approximate surface area is 132 Å². The Bertz CT molecular complexity index is 626. The molecule has 22 heavy (non-hydrogen) atoms. The van der Waals surface area contributed by atoms with Crippen LogP contribution in [0.2, 0.25) is 0 Å². The van der Waals surface area contributed by atoms with Gasteiger partial charge in [0.15, 0.2) is 0 Å². The van der Waals surface area contributed by atoms with Gasteiger partial charge in [0.1, 0.15) is 0 Å². The lowest BCUT2D eigenvalue weighted by atomic mass is 10.1. The molecule has 0 spiro atoms. The van der Waals surface area contributed by atoms with Gasteiger partial charge in [0, 0.05) is 18.3 Å². The zero-order valence-corrected chi connectivity index (χ0v) is 14.2. The van der Waals surface area contributed by atoms with Gasteiger partial charge in [-0.15, -0.1) is 0 Å². The summed E-state index contributed by atoms with van der Waals surface area (Å²) in [5, 5.41) is 12.4. The zero-order valence-electron chi connectivity index (χ0n) is 13.4. The molecule has 0 aliphatic heterocycles. The second-order valence-corrected chi connectivity index (χ2v) is 7.48. The monoisotopic (exact) mass is 328 g/mol. The maximum atomic E-state index is 12.2. The van der Waals surface area contributed by atoms with Crippen LogP contribution >= 0.6 is 0 Å². The molecule has 0 amide bonds. The Balaban J connectivity index is 3.14. The molecule has 7 heteroatoms. The van der Waals surface area contributed by atoms with Crippen molar-refractivity contribution in [2.24, 2.45) is 5.92 Å². The number of aromatic carboxylic acids is 1. The van der Waals surface area contributed by atoms with Crippen LogP contribution in [0.1, 0.15) is 44.5 Å². The molecule has 0 radical (unpaired) electrons. The minimum Gasteiger partial charge on any atom is -0.478 e. The Morgan fingerprint density at radius 3 is 2.41 bits per heavy atom. The first-order chi connectivity index (χ1) is 10.2. The summed E-state index contributed by atoms with van der Waals surface area (Å²) >= 11 is 0. The van der Waals surface area contributed by atoms with Gasteiger partial charge in [0.2, 0.25) is 10.0 Å². The van der Waals surface area contributed by atoms with E-state index in [1.165, 1.54) is 18.2 Å². The van der Waals surface area contributed by atoms with Gasteiger partial charge in [0.25, 0.3) is 0 Å². The lowest BCUT2D eigenvalue weighted by Crippen LogP contribution is -2.28. The highest BCUT2D eigenvalue weighted by atomic mass is 32.2. The molecule has 1 rings (SSSR count). The average Bonchev–Trinajstić information content (AvgIpc) is 2.45. The van der Waals surface area contributed by atoms with Gasteiger partial charge >= 0.3 is 5.97 Å². The summed E-state index contributed by atoms with van der Waals surface area (Å²) in [6, 6.07) is 4.20. The first kappa shape index (κ1) is 18.4. The smallest absolute Gasteiger partial charge is 0.337 e. The van der Waals surface area contributed by atoms with Gasteiger partial charge in [-0.3, -0.25) is 0 Å². The van der Waals surface area contributed by atoms with Gasteiger partial charge < -0.3 is 10.4 Å². The van der Waals surface area contributed by atoms with E-state index in [-0.39, 0.29) is 22.4 Å². The predicted octanol–water partition coefficient (Wildman–Crippen LogP) is 2.53. The van der Waals surface area contributed by atoms with Gasteiger partial charge in [-0.05, 0) is 37.5 Å². The van der Waals surface area contributed by atoms with E-state index in [0.717, 1.165) is 6.42 Å². The molecule has 6 nitrogen and oxygen atoms in total. The van der Waals surface area contributed by atoms with Crippen molar-refractivity contribution >= 4 is 21.7 Å². The summed E-state index contributed by atoms with van der Waals surface area (Å²) in [6.45, 7) is 8.00. The van der Waals surface area contributed by atoms with Crippen molar-refractivity contribution in [3.05, 3.63) is 23.8 Å². The van der Waals surface area contributed by atoms with Crippen molar-refractivity contribution in [2.75, 3.05) is 11.9 Å². The van der Waals surface area contributed by atoms with Crippen molar-refractivity contribution < 1.29 is 18.3 Å². The van der Waals surface area contributed by atoms with E-state index in [4.69, 9.17) is 0 Å². The number of nitrogens with one attached hydrogen (secondary N) is 2. The van der Waals surface area contributed by atoms with E-state index in [2.05, 4.69) is 10.0 Å². The normalized spacial score (nSPS) is 13.1. The SMILES string of the molecule is CCC(C)Nc1ccc(S(=O)(=O)NCC(C)C)cc1C(=O)O. The van der Waals surface area contributed by atoms with E-state index in [9.17, 15) is 18.3 Å². The summed E-state index contributed by atoms with van der Waals surface area (Å²) in [5.41, 5.74) is 0.373. The number of anilines is 1. The molecular weight excluding hydrogens is 304 g/mol. The molecule has 1 atom stereocenters. The Morgan fingerprint density at radius 2 is 1.91 bits per heavy atom. The number of rotatable bonds is 8. The van der Waals surface area contributed by atoms with Crippen LogP contribution in [0.25, 0.3) is 0 Å². The largest absolute Gasteiger partial charge is 0.478 e. The van der Waals surface area contributed by atoms with Crippen LogP contribution in [0.15, 0.2) is 23.1 Å². The highest BCUT2D eigenvalue weighted by Gasteiger charge is 2.19. The molecule has 0 heterocycles. The van der Waals surface area contributed by atoms with Crippen LogP contribution < -0.4 is 10.0 Å². The van der Waals surface area contributed by atoms with Crippen LogP contribution in [-0.2, 0) is 10.0 Å².